The van der Waals surface area contributed by atoms with Crippen molar-refractivity contribution in [2.75, 3.05) is 0 Å². The fourth-order valence-corrected chi connectivity index (χ4v) is 2.46. The molecule has 104 valence electrons. The molecule has 1 fully saturated rings. The van der Waals surface area contributed by atoms with Crippen LogP contribution in [0.1, 0.15) is 51.9 Å². The van der Waals surface area contributed by atoms with Gasteiger partial charge in [0, 0.05) is 6.42 Å². The second-order valence-corrected chi connectivity index (χ2v) is 4.76. The molecule has 0 bridgehead atoms. The molecule has 0 aromatic heterocycles. The number of ketones is 1. The van der Waals surface area contributed by atoms with Gasteiger partial charge in [-0.3, -0.25) is 9.59 Å². The minimum absolute atomic E-state index is 0.169. The average Bonchev–Trinajstić information content (AvgIpc) is 2.26. The molecule has 1 amide bonds. The second-order valence-electron chi connectivity index (χ2n) is 4.76. The first-order chi connectivity index (χ1) is 8.29. The monoisotopic (exact) mass is 265 g/mol. The fourth-order valence-electron chi connectivity index (χ4n) is 2.46. The van der Waals surface area contributed by atoms with E-state index in [1.807, 2.05) is 0 Å². The molecule has 0 saturated heterocycles. The van der Waals surface area contributed by atoms with Gasteiger partial charge in [-0.15, -0.1) is 0 Å². The maximum Gasteiger partial charge on any atom is 0.397 e. The van der Waals surface area contributed by atoms with Gasteiger partial charge in [-0.1, -0.05) is 26.2 Å². The van der Waals surface area contributed by atoms with Crippen LogP contribution in [-0.2, 0) is 9.59 Å². The first-order valence-electron chi connectivity index (χ1n) is 6.20. The van der Waals surface area contributed by atoms with Crippen molar-refractivity contribution in [2.24, 2.45) is 0 Å². The smallest absolute Gasteiger partial charge is 0.343 e. The van der Waals surface area contributed by atoms with Crippen molar-refractivity contribution < 1.29 is 22.8 Å². The summed E-state index contributed by atoms with van der Waals surface area (Å²) < 4.78 is 36.4. The number of amides is 1. The summed E-state index contributed by atoms with van der Waals surface area (Å²) in [6.07, 6.45) is -2.45. The first kappa shape index (κ1) is 15.0. The molecule has 1 aliphatic rings. The predicted molar refractivity (Wildman–Crippen MR) is 59.9 cm³/mol. The second kappa shape index (κ2) is 5.71. The third kappa shape index (κ3) is 3.99. The highest BCUT2D eigenvalue weighted by Gasteiger charge is 2.41. The lowest BCUT2D eigenvalue weighted by Gasteiger charge is -2.36. The van der Waals surface area contributed by atoms with Crippen LogP contribution in [0.3, 0.4) is 0 Å². The van der Waals surface area contributed by atoms with Crippen LogP contribution < -0.4 is 5.32 Å². The van der Waals surface area contributed by atoms with E-state index in [9.17, 15) is 22.8 Å². The molecule has 0 unspecified atom stereocenters. The number of rotatable bonds is 4. The van der Waals surface area contributed by atoms with E-state index < -0.39 is 24.0 Å². The lowest BCUT2D eigenvalue weighted by atomic mass is 9.77. The fraction of sp³-hybridized carbons (Fsp3) is 0.833. The summed E-state index contributed by atoms with van der Waals surface area (Å²) in [7, 11) is 0. The molecule has 18 heavy (non-hydrogen) atoms. The van der Waals surface area contributed by atoms with Crippen LogP contribution in [0.2, 0.25) is 0 Å². The minimum Gasteiger partial charge on any atom is -0.343 e. The molecule has 0 heterocycles. The number of alkyl halides is 3. The summed E-state index contributed by atoms with van der Waals surface area (Å²) in [5, 5.41) is 2.33. The van der Waals surface area contributed by atoms with E-state index >= 15 is 0 Å². The molecule has 6 heteroatoms. The van der Waals surface area contributed by atoms with Crippen LogP contribution in [-0.4, -0.2) is 23.4 Å². The Labute approximate surface area is 104 Å². The number of hydrogen-bond acceptors (Lipinski definition) is 2. The molecule has 0 aromatic carbocycles. The summed E-state index contributed by atoms with van der Waals surface area (Å²) >= 11 is 0. The SMILES string of the molecule is CCC(=O)C1(NC(=O)CC(F)(F)F)CCCCC1. The van der Waals surface area contributed by atoms with E-state index in [2.05, 4.69) is 5.32 Å². The van der Waals surface area contributed by atoms with Gasteiger partial charge in [0.25, 0.3) is 0 Å². The quantitative estimate of drug-likeness (QED) is 0.849. The summed E-state index contributed by atoms with van der Waals surface area (Å²) in [6, 6.07) is 0. The van der Waals surface area contributed by atoms with Gasteiger partial charge >= 0.3 is 6.18 Å². The number of halogens is 3. The third-order valence-electron chi connectivity index (χ3n) is 3.30. The minimum atomic E-state index is -4.53. The van der Waals surface area contributed by atoms with Crippen LogP contribution in [0.5, 0.6) is 0 Å². The predicted octanol–water partition coefficient (Wildman–Crippen LogP) is 2.74. The lowest BCUT2D eigenvalue weighted by Crippen LogP contribution is -2.56. The van der Waals surface area contributed by atoms with E-state index in [0.717, 1.165) is 19.3 Å². The van der Waals surface area contributed by atoms with Gasteiger partial charge in [0.15, 0.2) is 5.78 Å². The molecule has 0 aromatic rings. The van der Waals surface area contributed by atoms with Crippen LogP contribution >= 0.6 is 0 Å². The maximum absolute atomic E-state index is 12.1. The van der Waals surface area contributed by atoms with E-state index in [-0.39, 0.29) is 12.2 Å². The van der Waals surface area contributed by atoms with Crippen molar-refractivity contribution in [1.82, 2.24) is 5.32 Å². The number of carbonyl (C=O) groups excluding carboxylic acids is 2. The highest BCUT2D eigenvalue weighted by Crippen LogP contribution is 2.31. The Morgan fingerprint density at radius 1 is 1.17 bits per heavy atom. The van der Waals surface area contributed by atoms with Crippen LogP contribution in [0.25, 0.3) is 0 Å². The van der Waals surface area contributed by atoms with Crippen molar-refractivity contribution in [3.8, 4) is 0 Å². The van der Waals surface area contributed by atoms with Crippen molar-refractivity contribution >= 4 is 11.7 Å². The average molecular weight is 265 g/mol. The van der Waals surface area contributed by atoms with Gasteiger partial charge < -0.3 is 5.32 Å². The highest BCUT2D eigenvalue weighted by molar-refractivity contribution is 5.93. The summed E-state index contributed by atoms with van der Waals surface area (Å²) in [5.41, 5.74) is -1.06. The molecule has 0 spiro atoms. The third-order valence-corrected chi connectivity index (χ3v) is 3.30. The van der Waals surface area contributed by atoms with Crippen LogP contribution in [0.15, 0.2) is 0 Å². The van der Waals surface area contributed by atoms with Gasteiger partial charge in [0.05, 0.1) is 5.54 Å². The molecule has 1 saturated carbocycles. The van der Waals surface area contributed by atoms with Gasteiger partial charge in [-0.25, -0.2) is 0 Å². The largest absolute Gasteiger partial charge is 0.397 e. The lowest BCUT2D eigenvalue weighted by molar-refractivity contribution is -0.156. The van der Waals surface area contributed by atoms with Gasteiger partial charge in [-0.2, -0.15) is 13.2 Å². The van der Waals surface area contributed by atoms with Crippen molar-refractivity contribution in [2.45, 2.75) is 63.6 Å². The molecule has 0 aliphatic heterocycles. The Bertz CT molecular complexity index is 320. The van der Waals surface area contributed by atoms with E-state index in [4.69, 9.17) is 0 Å². The number of hydrogen-bond donors (Lipinski definition) is 1. The van der Waals surface area contributed by atoms with Crippen LogP contribution in [0, 0.1) is 0 Å². The van der Waals surface area contributed by atoms with Gasteiger partial charge in [0.1, 0.15) is 6.42 Å². The van der Waals surface area contributed by atoms with Gasteiger partial charge in [0.2, 0.25) is 5.91 Å². The standard InChI is InChI=1S/C12H18F3NO2/c1-2-9(17)11(6-4-3-5-7-11)16-10(18)8-12(13,14)15/h2-8H2,1H3,(H,16,18). The topological polar surface area (TPSA) is 46.2 Å². The molecule has 1 N–H and O–H groups in total. The molecular formula is C12H18F3NO2. The zero-order valence-electron chi connectivity index (χ0n) is 10.4. The summed E-state index contributed by atoms with van der Waals surface area (Å²) in [4.78, 5) is 23.3. The number of carbonyl (C=O) groups is 2. The summed E-state index contributed by atoms with van der Waals surface area (Å²) in [6.45, 7) is 1.66. The van der Waals surface area contributed by atoms with E-state index in [1.54, 1.807) is 6.92 Å². The zero-order valence-corrected chi connectivity index (χ0v) is 10.4. The molecule has 1 aliphatic carbocycles. The number of nitrogens with one attached hydrogen (secondary N) is 1. The highest BCUT2D eigenvalue weighted by atomic mass is 19.4. The molecule has 0 radical (unpaired) electrons. The summed E-state index contributed by atoms with van der Waals surface area (Å²) in [5.74, 6) is -1.27. The Hall–Kier alpha value is -1.07. The Morgan fingerprint density at radius 3 is 2.17 bits per heavy atom. The molecule has 1 rings (SSSR count). The van der Waals surface area contributed by atoms with Crippen molar-refractivity contribution in [3.05, 3.63) is 0 Å². The van der Waals surface area contributed by atoms with Crippen molar-refractivity contribution in [1.29, 1.82) is 0 Å². The van der Waals surface area contributed by atoms with Crippen LogP contribution in [0.4, 0.5) is 13.2 Å². The Morgan fingerprint density at radius 2 is 1.72 bits per heavy atom. The maximum atomic E-state index is 12.1. The molecule has 0 atom stereocenters. The first-order valence-corrected chi connectivity index (χ1v) is 6.20. The normalized spacial score (nSPS) is 19.3. The molecule has 3 nitrogen and oxygen atoms in total. The molecular weight excluding hydrogens is 247 g/mol. The Kier molecular flexibility index (Phi) is 4.76. The van der Waals surface area contributed by atoms with Crippen molar-refractivity contribution in [3.63, 3.8) is 0 Å². The zero-order chi connectivity index (χ0) is 13.8. The van der Waals surface area contributed by atoms with E-state index in [0.29, 0.717) is 12.8 Å². The van der Waals surface area contributed by atoms with Gasteiger partial charge in [-0.05, 0) is 12.8 Å². The number of Topliss-reactive ketones (excluding diaryl/α,β-unsaturated/α-hetero) is 1. The van der Waals surface area contributed by atoms with E-state index in [1.165, 1.54) is 0 Å². The Balaban J connectivity index is 2.73.